The van der Waals surface area contributed by atoms with Crippen LogP contribution in [0.2, 0.25) is 0 Å². The molecule has 4 aliphatic rings. The van der Waals surface area contributed by atoms with Crippen molar-refractivity contribution in [1.82, 2.24) is 5.32 Å². The van der Waals surface area contributed by atoms with Gasteiger partial charge in [0.2, 0.25) is 1.43 Å². The van der Waals surface area contributed by atoms with Gasteiger partial charge in [0.15, 0.2) is 11.9 Å². The van der Waals surface area contributed by atoms with E-state index >= 15 is 0 Å². The van der Waals surface area contributed by atoms with Crippen molar-refractivity contribution in [1.29, 1.82) is 1.43 Å². The number of carbonyl (C=O) groups is 3. The van der Waals surface area contributed by atoms with Gasteiger partial charge < -0.3 is 34.8 Å². The van der Waals surface area contributed by atoms with Crippen LogP contribution in [0, 0.1) is 72.6 Å². The van der Waals surface area contributed by atoms with Crippen molar-refractivity contribution in [3.8, 4) is 0 Å². The van der Waals surface area contributed by atoms with E-state index in [-0.39, 0.29) is 69.6 Å². The first kappa shape index (κ1) is 34.6. The molecule has 1 aromatic heterocycles. The normalized spacial score (nSPS) is 40.9. The van der Waals surface area contributed by atoms with E-state index in [0.29, 0.717) is 11.1 Å². The van der Waals surface area contributed by atoms with E-state index in [1.807, 2.05) is 17.5 Å². The van der Waals surface area contributed by atoms with Crippen molar-refractivity contribution in [3.05, 3.63) is 33.5 Å². The van der Waals surface area contributed by atoms with E-state index in [1.165, 1.54) is 18.3 Å². The molecular formula is C32H45AcNO9S. The summed E-state index contributed by atoms with van der Waals surface area (Å²) in [5, 5.41) is 35.3. The number of carbonyl (C=O) groups excluding carboxylic acids is 3. The molecule has 5 rings (SSSR count). The van der Waals surface area contributed by atoms with Gasteiger partial charge in [-0.05, 0) is 49.4 Å². The van der Waals surface area contributed by atoms with Gasteiger partial charge in [0.1, 0.15) is 11.7 Å². The summed E-state index contributed by atoms with van der Waals surface area (Å²) in [4.78, 5) is 42.1. The van der Waals surface area contributed by atoms with Crippen molar-refractivity contribution in [2.24, 2.45) is 28.6 Å². The third kappa shape index (κ3) is 5.13. The number of hydrogen-bond acceptors (Lipinski definition) is 11. The van der Waals surface area contributed by atoms with Crippen molar-refractivity contribution in [3.63, 3.8) is 0 Å². The maximum Gasteiger partial charge on any atom is 0.311 e. The monoisotopic (exact) mass is 847 g/mol. The Morgan fingerprint density at radius 2 is 1.93 bits per heavy atom. The fourth-order valence-corrected chi connectivity index (χ4v) is 9.77. The Morgan fingerprint density at radius 1 is 1.25 bits per heavy atom. The van der Waals surface area contributed by atoms with E-state index in [4.69, 9.17) is 20.8 Å². The number of nitrogens with one attached hydrogen (secondary N) is 1. The zero-order valence-corrected chi connectivity index (χ0v) is 32.3. The van der Waals surface area contributed by atoms with Crippen LogP contribution in [0.3, 0.4) is 0 Å². The number of ketones is 1. The van der Waals surface area contributed by atoms with Crippen molar-refractivity contribution in [2.75, 3.05) is 13.7 Å². The molecule has 3 fully saturated rings. The summed E-state index contributed by atoms with van der Waals surface area (Å²) in [6, 6.07) is 3.56. The average Bonchev–Trinajstić information content (AvgIpc) is 3.48. The molecule has 11 atom stereocenters. The van der Waals surface area contributed by atoms with Gasteiger partial charge in [-0.3, -0.25) is 14.4 Å². The van der Waals surface area contributed by atoms with Gasteiger partial charge in [-0.1, -0.05) is 33.8 Å². The molecule has 1 aliphatic heterocycles. The summed E-state index contributed by atoms with van der Waals surface area (Å²) < 4.78 is 25.6. The van der Waals surface area contributed by atoms with Gasteiger partial charge in [-0.2, -0.15) is 0 Å². The maximum atomic E-state index is 14.8. The van der Waals surface area contributed by atoms with E-state index in [9.17, 15) is 24.6 Å². The molecule has 0 spiro atoms. The van der Waals surface area contributed by atoms with Crippen LogP contribution in [0.25, 0.3) is 0 Å². The summed E-state index contributed by atoms with van der Waals surface area (Å²) in [6.07, 6.45) is -4.03. The van der Waals surface area contributed by atoms with E-state index in [0.717, 1.165) is 4.88 Å². The Labute approximate surface area is 300 Å². The van der Waals surface area contributed by atoms with Gasteiger partial charge in [-0.25, -0.2) is 0 Å². The third-order valence-corrected chi connectivity index (χ3v) is 12.3. The Morgan fingerprint density at radius 3 is 2.45 bits per heavy atom. The second-order valence-electron chi connectivity index (χ2n) is 13.8. The first-order chi connectivity index (χ1) is 20.5. The molecule has 2 saturated carbocycles. The molecule has 241 valence electrons. The quantitative estimate of drug-likeness (QED) is 0.239. The number of ether oxygens (including phenoxy) is 3. The predicted octanol–water partition coefficient (Wildman–Crippen LogP) is 2.70. The van der Waals surface area contributed by atoms with Crippen LogP contribution in [0.15, 0.2) is 28.7 Å². The molecule has 2 heterocycles. The van der Waals surface area contributed by atoms with E-state index < -0.39 is 81.9 Å². The van der Waals surface area contributed by atoms with Crippen LogP contribution in [0.5, 0.6) is 0 Å². The smallest absolute Gasteiger partial charge is 0.311 e. The van der Waals surface area contributed by atoms with E-state index in [1.54, 1.807) is 48.6 Å². The molecule has 0 amide bonds. The van der Waals surface area contributed by atoms with E-state index in [2.05, 4.69) is 5.32 Å². The first-order valence-corrected chi connectivity index (χ1v) is 15.9. The summed E-state index contributed by atoms with van der Waals surface area (Å²) in [6.45, 7) is 11.7. The van der Waals surface area contributed by atoms with Crippen LogP contribution in [-0.2, 0) is 28.6 Å². The molecule has 12 heteroatoms. The predicted molar refractivity (Wildman–Crippen MR) is 158 cm³/mol. The molecule has 2 bridgehead atoms. The van der Waals surface area contributed by atoms with Crippen molar-refractivity contribution >= 4 is 29.1 Å². The Balaban J connectivity index is 0.00000461. The molecule has 10 nitrogen and oxygen atoms in total. The largest absolute Gasteiger partial charge is 0.457 e. The van der Waals surface area contributed by atoms with Crippen molar-refractivity contribution in [2.45, 2.75) is 103 Å². The fraction of sp³-hybridized carbons (Fsp3) is 0.719. The number of rotatable bonds is 7. The van der Waals surface area contributed by atoms with Crippen LogP contribution in [0.4, 0.5) is 0 Å². The fourth-order valence-electron chi connectivity index (χ4n) is 8.83. The van der Waals surface area contributed by atoms with Gasteiger partial charge in [0.05, 0.1) is 41.8 Å². The number of aliphatic hydroxyl groups is 3. The zero-order chi connectivity index (χ0) is 32.6. The summed E-state index contributed by atoms with van der Waals surface area (Å²) in [5.74, 6) is -4.01. The molecule has 0 aromatic carbocycles. The SMILES string of the molecule is [2H]O[C@H]1C[C@H]2OC[C@@]2(O)C2[C@H](C)[C@]3(O)C[C@H](OC(=O)[C@H](C)[C@@H](NC)c4cccs4)C(C)=C([C@@H](OC(C)=O)C(=O)[C@@]21C)C3(C)C.[Ac]. The zero-order valence-electron chi connectivity index (χ0n) is 27.7. The molecule has 44 heavy (non-hydrogen) atoms. The van der Waals surface area contributed by atoms with Gasteiger partial charge >= 0.3 is 11.9 Å². The number of esters is 2. The summed E-state index contributed by atoms with van der Waals surface area (Å²) in [7, 11) is 1.78. The number of thiophene rings is 1. The molecule has 4 N–H and O–H groups in total. The Hall–Kier alpha value is -0.708. The molecule has 1 saturated heterocycles. The molecule has 3 aliphatic carbocycles. The minimum atomic E-state index is -1.66. The number of aliphatic hydroxyl groups excluding tert-OH is 1. The maximum absolute atomic E-state index is 14.8. The summed E-state index contributed by atoms with van der Waals surface area (Å²) in [5.41, 5.74) is -4.95. The second kappa shape index (κ2) is 12.4. The molecular weight excluding hydrogens is 801 g/mol. The second-order valence-corrected chi connectivity index (χ2v) is 14.7. The van der Waals surface area contributed by atoms with Crippen molar-refractivity contribution < 1.29 is 88.0 Å². The minimum Gasteiger partial charge on any atom is -0.457 e. The Bertz CT molecular complexity index is 1360. The van der Waals surface area contributed by atoms with Gasteiger partial charge in [0.25, 0.3) is 0 Å². The van der Waals surface area contributed by atoms with Crippen LogP contribution in [-0.4, -0.2) is 83.7 Å². The molecule has 1 unspecified atom stereocenters. The standard InChI is InChI=1S/C32H45NO9S.Ac/c1-15-19(42-28(37)16(2)24(33-8)20-10-9-11-43-20)13-32(39)17(3)26-30(7,21(35)12-22-31(26,38)14-40-22)27(36)25(41-18(4)34)23(15)29(32,5)6;/h9-11,16-17,19,21-22,24-26,33,35,38-39H,12-14H2,1-8H3;/t16-,17+,19+,21+,22-,24-,25-,26?,30-,31+,32-;/m1./s1/i35D;. The van der Waals surface area contributed by atoms with Crippen LogP contribution in [0.1, 0.15) is 72.2 Å². The molecule has 1 radical (unpaired) electrons. The third-order valence-electron chi connectivity index (χ3n) is 11.4. The minimum absolute atomic E-state index is 0. The van der Waals surface area contributed by atoms with Gasteiger partial charge in [-0.15, -0.1) is 11.3 Å². The van der Waals surface area contributed by atoms with Gasteiger partial charge in [0, 0.05) is 80.0 Å². The average molecular weight is 848 g/mol. The number of fused-ring (bicyclic) bond motifs is 5. The number of hydrogen-bond donors (Lipinski definition) is 4. The number of Topliss-reactive ketones (excluding diaryl/α,β-unsaturated/α-hetero) is 1. The topological polar surface area (TPSA) is 152 Å². The first-order valence-electron chi connectivity index (χ1n) is 15.4. The Kier molecular flexibility index (Phi) is 9.75. The van der Waals surface area contributed by atoms with Crippen LogP contribution < -0.4 is 5.32 Å². The van der Waals surface area contributed by atoms with Crippen LogP contribution >= 0.6 is 11.3 Å². The molecule has 1 aromatic rings. The summed E-state index contributed by atoms with van der Waals surface area (Å²) >= 11 is 1.53.